The van der Waals surface area contributed by atoms with Crippen molar-refractivity contribution in [1.29, 1.82) is 0 Å². The van der Waals surface area contributed by atoms with Gasteiger partial charge in [0.1, 0.15) is 0 Å². The normalized spacial score (nSPS) is 11.9. The van der Waals surface area contributed by atoms with Crippen molar-refractivity contribution in [3.05, 3.63) is 29.0 Å². The molecule has 0 spiro atoms. The smallest absolute Gasteiger partial charge is 0.204 e. The standard InChI is InChI=1S/C13H17ClN2/c1-8(2)10-5-6-12-11(7-10)15-13(14)16(12)9(3)4/h5-9H,1-4H3. The van der Waals surface area contributed by atoms with Gasteiger partial charge in [0.25, 0.3) is 0 Å². The van der Waals surface area contributed by atoms with Crippen LogP contribution < -0.4 is 0 Å². The van der Waals surface area contributed by atoms with Crippen molar-refractivity contribution < 1.29 is 0 Å². The van der Waals surface area contributed by atoms with E-state index in [1.807, 2.05) is 0 Å². The second-order valence-corrected chi connectivity index (χ2v) is 5.09. The van der Waals surface area contributed by atoms with Crippen LogP contribution in [0.15, 0.2) is 18.2 Å². The van der Waals surface area contributed by atoms with E-state index in [1.165, 1.54) is 5.56 Å². The molecule has 2 rings (SSSR count). The fraction of sp³-hybridized carbons (Fsp3) is 0.462. The Morgan fingerprint density at radius 1 is 1.19 bits per heavy atom. The second-order valence-electron chi connectivity index (χ2n) is 4.75. The lowest BCUT2D eigenvalue weighted by Crippen LogP contribution is -2.00. The number of aromatic nitrogens is 2. The van der Waals surface area contributed by atoms with Gasteiger partial charge in [-0.15, -0.1) is 0 Å². The third-order valence-electron chi connectivity index (χ3n) is 2.85. The average molecular weight is 237 g/mol. The molecule has 0 radical (unpaired) electrons. The van der Waals surface area contributed by atoms with Gasteiger partial charge in [0.05, 0.1) is 11.0 Å². The van der Waals surface area contributed by atoms with Crippen LogP contribution in [0.2, 0.25) is 5.28 Å². The third kappa shape index (κ3) is 1.82. The molecule has 3 heteroatoms. The molecule has 1 aromatic heterocycles. The van der Waals surface area contributed by atoms with E-state index in [2.05, 4.69) is 55.4 Å². The van der Waals surface area contributed by atoms with Crippen LogP contribution in [-0.4, -0.2) is 9.55 Å². The molecule has 16 heavy (non-hydrogen) atoms. The molecule has 0 amide bonds. The molecule has 0 aliphatic carbocycles. The van der Waals surface area contributed by atoms with Crippen LogP contribution in [0.3, 0.4) is 0 Å². The monoisotopic (exact) mass is 236 g/mol. The van der Waals surface area contributed by atoms with Crippen molar-refractivity contribution in [2.24, 2.45) is 0 Å². The van der Waals surface area contributed by atoms with Gasteiger partial charge < -0.3 is 4.57 Å². The molecule has 0 saturated carbocycles. The molecule has 2 aromatic rings. The lowest BCUT2D eigenvalue weighted by molar-refractivity contribution is 0.618. The summed E-state index contributed by atoms with van der Waals surface area (Å²) in [5.41, 5.74) is 3.41. The lowest BCUT2D eigenvalue weighted by Gasteiger charge is -2.10. The van der Waals surface area contributed by atoms with Gasteiger partial charge >= 0.3 is 0 Å². The molecule has 0 aliphatic heterocycles. The molecule has 0 unspecified atom stereocenters. The first-order valence-electron chi connectivity index (χ1n) is 5.68. The predicted octanol–water partition coefficient (Wildman–Crippen LogP) is 4.39. The van der Waals surface area contributed by atoms with Gasteiger partial charge in [-0.3, -0.25) is 0 Å². The molecule has 0 N–H and O–H groups in total. The Morgan fingerprint density at radius 3 is 2.44 bits per heavy atom. The number of hydrogen-bond donors (Lipinski definition) is 0. The van der Waals surface area contributed by atoms with Gasteiger partial charge in [0.15, 0.2) is 0 Å². The molecule has 0 saturated heterocycles. The van der Waals surface area contributed by atoms with Crippen LogP contribution in [0, 0.1) is 0 Å². The minimum atomic E-state index is 0.336. The van der Waals surface area contributed by atoms with Gasteiger partial charge in [-0.2, -0.15) is 0 Å². The van der Waals surface area contributed by atoms with Crippen LogP contribution >= 0.6 is 11.6 Å². The number of rotatable bonds is 2. The van der Waals surface area contributed by atoms with Gasteiger partial charge in [-0.05, 0) is 49.1 Å². The first kappa shape index (κ1) is 11.5. The zero-order valence-corrected chi connectivity index (χ0v) is 10.9. The van der Waals surface area contributed by atoms with Crippen molar-refractivity contribution in [3.63, 3.8) is 0 Å². The summed E-state index contributed by atoms with van der Waals surface area (Å²) in [6.07, 6.45) is 0. The Hall–Kier alpha value is -1.02. The van der Waals surface area contributed by atoms with Crippen molar-refractivity contribution in [2.75, 3.05) is 0 Å². The number of halogens is 1. The first-order valence-corrected chi connectivity index (χ1v) is 6.06. The zero-order chi connectivity index (χ0) is 11.9. The molecule has 0 bridgehead atoms. The van der Waals surface area contributed by atoms with E-state index < -0.39 is 0 Å². The minimum Gasteiger partial charge on any atom is -0.312 e. The quantitative estimate of drug-likeness (QED) is 0.756. The molecular weight excluding hydrogens is 220 g/mol. The summed E-state index contributed by atoms with van der Waals surface area (Å²) < 4.78 is 2.06. The Morgan fingerprint density at radius 2 is 1.88 bits per heavy atom. The number of fused-ring (bicyclic) bond motifs is 1. The van der Waals surface area contributed by atoms with Crippen molar-refractivity contribution >= 4 is 22.6 Å². The van der Waals surface area contributed by atoms with E-state index in [1.54, 1.807) is 0 Å². The highest BCUT2D eigenvalue weighted by Crippen LogP contribution is 2.26. The molecule has 0 fully saturated rings. The fourth-order valence-corrected chi connectivity index (χ4v) is 2.31. The maximum absolute atomic E-state index is 6.15. The number of nitrogens with zero attached hydrogens (tertiary/aromatic N) is 2. The molecule has 2 nitrogen and oxygen atoms in total. The number of imidazole rings is 1. The highest BCUT2D eigenvalue weighted by molar-refractivity contribution is 6.29. The summed E-state index contributed by atoms with van der Waals surface area (Å²) in [6, 6.07) is 6.74. The average Bonchev–Trinajstić information content (AvgIpc) is 2.51. The first-order chi connectivity index (χ1) is 7.50. The highest BCUT2D eigenvalue weighted by Gasteiger charge is 2.12. The van der Waals surface area contributed by atoms with E-state index in [4.69, 9.17) is 11.6 Å². The van der Waals surface area contributed by atoms with E-state index in [0.29, 0.717) is 17.2 Å². The van der Waals surface area contributed by atoms with Crippen LogP contribution in [0.1, 0.15) is 45.2 Å². The molecule has 1 heterocycles. The second kappa shape index (κ2) is 4.10. The summed E-state index contributed by atoms with van der Waals surface area (Å²) in [4.78, 5) is 4.41. The molecule has 1 aromatic carbocycles. The van der Waals surface area contributed by atoms with Crippen molar-refractivity contribution in [3.8, 4) is 0 Å². The van der Waals surface area contributed by atoms with E-state index in [-0.39, 0.29) is 0 Å². The lowest BCUT2D eigenvalue weighted by atomic mass is 10.0. The van der Waals surface area contributed by atoms with Crippen molar-refractivity contribution in [2.45, 2.75) is 39.7 Å². The number of benzene rings is 1. The maximum Gasteiger partial charge on any atom is 0.204 e. The Labute approximate surface area is 101 Å². The van der Waals surface area contributed by atoms with Gasteiger partial charge in [-0.1, -0.05) is 19.9 Å². The van der Waals surface area contributed by atoms with Crippen LogP contribution in [-0.2, 0) is 0 Å². The largest absolute Gasteiger partial charge is 0.312 e. The Balaban J connectivity index is 2.65. The van der Waals surface area contributed by atoms with Gasteiger partial charge in [-0.25, -0.2) is 4.98 Å². The summed E-state index contributed by atoms with van der Waals surface area (Å²) in [5.74, 6) is 0.521. The van der Waals surface area contributed by atoms with Crippen LogP contribution in [0.25, 0.3) is 11.0 Å². The number of hydrogen-bond acceptors (Lipinski definition) is 1. The fourth-order valence-electron chi connectivity index (χ4n) is 1.94. The highest BCUT2D eigenvalue weighted by atomic mass is 35.5. The maximum atomic E-state index is 6.15. The van der Waals surface area contributed by atoms with Crippen molar-refractivity contribution in [1.82, 2.24) is 9.55 Å². The molecular formula is C13H17ClN2. The summed E-state index contributed by atoms with van der Waals surface area (Å²) in [7, 11) is 0. The Bertz CT molecular complexity index is 512. The summed E-state index contributed by atoms with van der Waals surface area (Å²) in [6.45, 7) is 8.59. The topological polar surface area (TPSA) is 17.8 Å². The molecule has 86 valence electrons. The van der Waals surface area contributed by atoms with E-state index in [0.717, 1.165) is 11.0 Å². The Kier molecular flexibility index (Phi) is 2.94. The van der Waals surface area contributed by atoms with E-state index >= 15 is 0 Å². The van der Waals surface area contributed by atoms with Crippen LogP contribution in [0.4, 0.5) is 0 Å². The van der Waals surface area contributed by atoms with Gasteiger partial charge in [0.2, 0.25) is 5.28 Å². The summed E-state index contributed by atoms with van der Waals surface area (Å²) >= 11 is 6.15. The van der Waals surface area contributed by atoms with E-state index in [9.17, 15) is 0 Å². The molecule has 0 atom stereocenters. The zero-order valence-electron chi connectivity index (χ0n) is 10.2. The van der Waals surface area contributed by atoms with Gasteiger partial charge in [0, 0.05) is 6.04 Å². The third-order valence-corrected chi connectivity index (χ3v) is 3.12. The van der Waals surface area contributed by atoms with Crippen LogP contribution in [0.5, 0.6) is 0 Å². The molecule has 0 aliphatic rings. The predicted molar refractivity (Wildman–Crippen MR) is 69.2 cm³/mol. The minimum absolute atomic E-state index is 0.336. The SMILES string of the molecule is CC(C)c1ccc2c(c1)nc(Cl)n2C(C)C. The summed E-state index contributed by atoms with van der Waals surface area (Å²) in [5, 5.41) is 0.575.